The minimum atomic E-state index is 0.182. The first-order valence-electron chi connectivity index (χ1n) is 6.52. The molecule has 0 bridgehead atoms. The summed E-state index contributed by atoms with van der Waals surface area (Å²) in [5.41, 5.74) is 7.01. The van der Waals surface area contributed by atoms with Gasteiger partial charge in [0.25, 0.3) is 0 Å². The van der Waals surface area contributed by atoms with Crippen molar-refractivity contribution in [3.05, 3.63) is 5.56 Å². The summed E-state index contributed by atoms with van der Waals surface area (Å²) >= 11 is 1.37. The first-order chi connectivity index (χ1) is 8.75. The largest absolute Gasteiger partial charge is 0.383 e. The maximum Gasteiger partial charge on any atom is 0.241 e. The van der Waals surface area contributed by atoms with E-state index in [4.69, 9.17) is 5.73 Å². The number of anilines is 2. The smallest absolute Gasteiger partial charge is 0.241 e. The molecule has 0 unspecified atom stereocenters. The van der Waals surface area contributed by atoms with Gasteiger partial charge in [0, 0.05) is 18.7 Å². The average molecular weight is 266 g/mol. The van der Waals surface area contributed by atoms with Crippen LogP contribution < -0.4 is 11.1 Å². The van der Waals surface area contributed by atoms with Gasteiger partial charge in [0.05, 0.1) is 6.54 Å². The number of nitrogens with zero attached hydrogens (tertiary/aromatic N) is 2. The molecule has 0 spiro atoms. The summed E-state index contributed by atoms with van der Waals surface area (Å²) in [5, 5.41) is 4.21. The van der Waals surface area contributed by atoms with Crippen LogP contribution in [-0.4, -0.2) is 34.8 Å². The number of carbonyl (C=O) groups excluding carboxylic acids is 1. The Hall–Kier alpha value is -1.30. The Bertz CT molecular complexity index is 449. The van der Waals surface area contributed by atoms with Crippen molar-refractivity contribution in [2.75, 3.05) is 30.7 Å². The summed E-state index contributed by atoms with van der Waals surface area (Å²) in [6.07, 6.45) is 4.65. The van der Waals surface area contributed by atoms with Gasteiger partial charge in [-0.3, -0.25) is 4.79 Å². The first-order valence-corrected chi connectivity index (χ1v) is 7.29. The van der Waals surface area contributed by atoms with Gasteiger partial charge in [0.1, 0.15) is 10.8 Å². The van der Waals surface area contributed by atoms with Crippen LogP contribution in [0.15, 0.2) is 0 Å². The Balaban J connectivity index is 1.61. The molecule has 1 saturated carbocycles. The van der Waals surface area contributed by atoms with Crippen LogP contribution in [0.1, 0.15) is 37.2 Å². The molecular formula is C12H18N4OS. The predicted molar refractivity (Wildman–Crippen MR) is 72.8 cm³/mol. The fourth-order valence-electron chi connectivity index (χ4n) is 2.44. The van der Waals surface area contributed by atoms with E-state index < -0.39 is 0 Å². The highest BCUT2D eigenvalue weighted by Gasteiger charge is 2.30. The Kier molecular flexibility index (Phi) is 3.11. The Labute approximate surface area is 111 Å². The zero-order valence-corrected chi connectivity index (χ0v) is 11.1. The summed E-state index contributed by atoms with van der Waals surface area (Å²) in [7, 11) is 0. The van der Waals surface area contributed by atoms with E-state index in [9.17, 15) is 4.79 Å². The predicted octanol–water partition coefficient (Wildman–Crippen LogP) is 1.64. The van der Waals surface area contributed by atoms with Gasteiger partial charge in [0.15, 0.2) is 0 Å². The lowest BCUT2D eigenvalue weighted by atomic mass is 10.2. The number of nitrogen functional groups attached to an aromatic ring is 1. The maximum atomic E-state index is 11.9. The number of hydrogen-bond donors (Lipinski definition) is 2. The van der Waals surface area contributed by atoms with E-state index in [-0.39, 0.29) is 5.91 Å². The van der Waals surface area contributed by atoms with Gasteiger partial charge in [-0.05, 0) is 43.1 Å². The van der Waals surface area contributed by atoms with Crippen molar-refractivity contribution < 1.29 is 4.79 Å². The van der Waals surface area contributed by atoms with Gasteiger partial charge in [-0.1, -0.05) is 0 Å². The lowest BCUT2D eigenvalue weighted by Crippen LogP contribution is -2.32. The number of nitrogens with two attached hydrogens (primary N) is 1. The van der Waals surface area contributed by atoms with E-state index in [1.54, 1.807) is 0 Å². The summed E-state index contributed by atoms with van der Waals surface area (Å²) in [6.45, 7) is 2.17. The third-order valence-corrected chi connectivity index (χ3v) is 4.44. The molecule has 0 radical (unpaired) electrons. The summed E-state index contributed by atoms with van der Waals surface area (Å²) in [4.78, 5) is 13.9. The molecule has 1 aromatic rings. The molecule has 18 heavy (non-hydrogen) atoms. The quantitative estimate of drug-likeness (QED) is 0.869. The zero-order chi connectivity index (χ0) is 12.5. The Morgan fingerprint density at radius 3 is 2.83 bits per heavy atom. The fourth-order valence-corrected chi connectivity index (χ4v) is 3.23. The van der Waals surface area contributed by atoms with E-state index >= 15 is 0 Å². The van der Waals surface area contributed by atoms with Crippen LogP contribution in [0.5, 0.6) is 0 Å². The van der Waals surface area contributed by atoms with Crippen molar-refractivity contribution in [1.29, 1.82) is 0 Å². The lowest BCUT2D eigenvalue weighted by Gasteiger charge is -2.15. The molecule has 1 aliphatic heterocycles. The second kappa shape index (κ2) is 4.76. The second-order valence-electron chi connectivity index (χ2n) is 5.03. The molecule has 2 heterocycles. The highest BCUT2D eigenvalue weighted by Crippen LogP contribution is 2.47. The molecule has 2 fully saturated rings. The van der Waals surface area contributed by atoms with Crippen LogP contribution in [0.2, 0.25) is 0 Å². The standard InChI is InChI=1S/C12H18N4OS/c13-11-10(8-3-4-8)12(18-15-11)14-7-9(17)16-5-1-2-6-16/h8,14H,1-7H2,(H2,13,15). The Morgan fingerprint density at radius 1 is 1.44 bits per heavy atom. The molecule has 3 rings (SSSR count). The summed E-state index contributed by atoms with van der Waals surface area (Å²) in [6, 6.07) is 0. The summed E-state index contributed by atoms with van der Waals surface area (Å²) < 4.78 is 4.19. The van der Waals surface area contributed by atoms with Gasteiger partial charge in [-0.15, -0.1) is 0 Å². The van der Waals surface area contributed by atoms with Crippen molar-refractivity contribution in [2.24, 2.45) is 0 Å². The van der Waals surface area contributed by atoms with Crippen molar-refractivity contribution in [1.82, 2.24) is 9.27 Å². The van der Waals surface area contributed by atoms with Gasteiger partial charge in [-0.25, -0.2) is 0 Å². The molecule has 3 N–H and O–H groups in total. The van der Waals surface area contributed by atoms with Crippen LogP contribution in [0.25, 0.3) is 0 Å². The number of amides is 1. The monoisotopic (exact) mass is 266 g/mol. The van der Waals surface area contributed by atoms with E-state index in [0.29, 0.717) is 18.3 Å². The SMILES string of the molecule is Nc1nsc(NCC(=O)N2CCCC2)c1C1CC1. The molecule has 5 nitrogen and oxygen atoms in total. The molecule has 1 aromatic heterocycles. The molecule has 0 aromatic carbocycles. The zero-order valence-electron chi connectivity index (χ0n) is 10.3. The molecule has 1 saturated heterocycles. The third-order valence-electron chi connectivity index (χ3n) is 3.60. The normalized spacial score (nSPS) is 19.2. The van der Waals surface area contributed by atoms with Crippen LogP contribution in [0.4, 0.5) is 10.8 Å². The fraction of sp³-hybridized carbons (Fsp3) is 0.667. The molecule has 6 heteroatoms. The van der Waals surface area contributed by atoms with Crippen molar-refractivity contribution in [3.8, 4) is 0 Å². The first kappa shape index (κ1) is 11.8. The average Bonchev–Trinajstić information content (AvgIpc) is 2.92. The van der Waals surface area contributed by atoms with Crippen molar-refractivity contribution in [3.63, 3.8) is 0 Å². The van der Waals surface area contributed by atoms with Crippen molar-refractivity contribution in [2.45, 2.75) is 31.6 Å². The van der Waals surface area contributed by atoms with E-state index in [1.165, 1.54) is 24.4 Å². The maximum absolute atomic E-state index is 11.9. The van der Waals surface area contributed by atoms with E-state index in [0.717, 1.165) is 36.5 Å². The van der Waals surface area contributed by atoms with Crippen LogP contribution >= 0.6 is 11.5 Å². The second-order valence-corrected chi connectivity index (χ2v) is 5.80. The highest BCUT2D eigenvalue weighted by atomic mass is 32.1. The molecule has 2 aliphatic rings. The minimum Gasteiger partial charge on any atom is -0.383 e. The number of nitrogens with one attached hydrogen (secondary N) is 1. The summed E-state index contributed by atoms with van der Waals surface area (Å²) in [5.74, 6) is 1.38. The number of aromatic nitrogens is 1. The van der Waals surface area contributed by atoms with Crippen LogP contribution in [0.3, 0.4) is 0 Å². The number of hydrogen-bond acceptors (Lipinski definition) is 5. The minimum absolute atomic E-state index is 0.182. The lowest BCUT2D eigenvalue weighted by molar-refractivity contribution is -0.128. The van der Waals surface area contributed by atoms with Crippen LogP contribution in [0, 0.1) is 0 Å². The molecular weight excluding hydrogens is 248 g/mol. The van der Waals surface area contributed by atoms with Gasteiger partial charge >= 0.3 is 0 Å². The highest BCUT2D eigenvalue weighted by molar-refractivity contribution is 7.10. The molecule has 1 amide bonds. The van der Waals surface area contributed by atoms with Crippen molar-refractivity contribution >= 4 is 28.3 Å². The number of rotatable bonds is 4. The number of carbonyl (C=O) groups is 1. The van der Waals surface area contributed by atoms with E-state index in [2.05, 4.69) is 9.69 Å². The van der Waals surface area contributed by atoms with Gasteiger partial charge < -0.3 is 16.0 Å². The van der Waals surface area contributed by atoms with Crippen LogP contribution in [-0.2, 0) is 4.79 Å². The van der Waals surface area contributed by atoms with Gasteiger partial charge in [-0.2, -0.15) is 4.37 Å². The molecule has 0 atom stereocenters. The molecule has 98 valence electrons. The third kappa shape index (κ3) is 2.29. The topological polar surface area (TPSA) is 71.2 Å². The van der Waals surface area contributed by atoms with Gasteiger partial charge in [0.2, 0.25) is 5.91 Å². The van der Waals surface area contributed by atoms with E-state index in [1.807, 2.05) is 4.90 Å². The Morgan fingerprint density at radius 2 is 2.17 bits per heavy atom. The number of likely N-dealkylation sites (tertiary alicyclic amines) is 1. The molecule has 1 aliphatic carbocycles.